The number of halogens is 1. The summed E-state index contributed by atoms with van der Waals surface area (Å²) in [5.41, 5.74) is 0. The molecule has 1 atom stereocenters. The van der Waals surface area contributed by atoms with Gasteiger partial charge in [-0.15, -0.1) is 11.3 Å². The monoisotopic (exact) mass is 262 g/mol. The standard InChI is InChI=1S/C8H11BrN2OS/c9-7-4-13-8(11-7)10-3-6(12)5-1-2-5/h4-6,12H,1-3H2,(H,10,11). The molecule has 13 heavy (non-hydrogen) atoms. The van der Waals surface area contributed by atoms with E-state index >= 15 is 0 Å². The zero-order chi connectivity index (χ0) is 9.26. The molecule has 1 heterocycles. The summed E-state index contributed by atoms with van der Waals surface area (Å²) < 4.78 is 0.848. The Balaban J connectivity index is 1.78. The molecule has 1 aliphatic carbocycles. The molecule has 72 valence electrons. The number of rotatable bonds is 4. The molecule has 5 heteroatoms. The maximum absolute atomic E-state index is 9.56. The van der Waals surface area contributed by atoms with Gasteiger partial charge in [-0.05, 0) is 34.7 Å². The molecule has 2 rings (SSSR count). The van der Waals surface area contributed by atoms with Crippen LogP contribution in [0.15, 0.2) is 9.98 Å². The molecule has 1 aliphatic rings. The fourth-order valence-electron chi connectivity index (χ4n) is 1.17. The van der Waals surface area contributed by atoms with Crippen molar-refractivity contribution < 1.29 is 5.11 Å². The van der Waals surface area contributed by atoms with Crippen LogP contribution in [-0.4, -0.2) is 22.7 Å². The minimum absolute atomic E-state index is 0.206. The minimum atomic E-state index is -0.206. The van der Waals surface area contributed by atoms with E-state index in [0.717, 1.165) is 9.73 Å². The van der Waals surface area contributed by atoms with Crippen LogP contribution in [0.25, 0.3) is 0 Å². The van der Waals surface area contributed by atoms with Crippen LogP contribution in [0.3, 0.4) is 0 Å². The van der Waals surface area contributed by atoms with Crippen LogP contribution in [-0.2, 0) is 0 Å². The zero-order valence-corrected chi connectivity index (χ0v) is 9.44. The van der Waals surface area contributed by atoms with Gasteiger partial charge in [-0.2, -0.15) is 0 Å². The number of aromatic nitrogens is 1. The van der Waals surface area contributed by atoms with E-state index in [9.17, 15) is 5.11 Å². The van der Waals surface area contributed by atoms with Crippen molar-refractivity contribution >= 4 is 32.4 Å². The van der Waals surface area contributed by atoms with E-state index in [0.29, 0.717) is 12.5 Å². The minimum Gasteiger partial charge on any atom is -0.391 e. The van der Waals surface area contributed by atoms with Crippen LogP contribution in [0.1, 0.15) is 12.8 Å². The first kappa shape index (κ1) is 9.43. The molecule has 0 radical (unpaired) electrons. The summed E-state index contributed by atoms with van der Waals surface area (Å²) in [5, 5.41) is 15.5. The second-order valence-electron chi connectivity index (χ2n) is 3.26. The smallest absolute Gasteiger partial charge is 0.183 e. The van der Waals surface area contributed by atoms with E-state index in [1.54, 1.807) is 11.3 Å². The molecule has 3 nitrogen and oxygen atoms in total. The van der Waals surface area contributed by atoms with E-state index in [4.69, 9.17) is 0 Å². The summed E-state index contributed by atoms with van der Waals surface area (Å²) in [5.74, 6) is 0.524. The summed E-state index contributed by atoms with van der Waals surface area (Å²) >= 11 is 4.82. The lowest BCUT2D eigenvalue weighted by Crippen LogP contribution is -2.21. The van der Waals surface area contributed by atoms with Gasteiger partial charge in [-0.25, -0.2) is 4.98 Å². The molecule has 1 unspecified atom stereocenters. The van der Waals surface area contributed by atoms with Crippen molar-refractivity contribution in [1.82, 2.24) is 4.98 Å². The highest BCUT2D eigenvalue weighted by molar-refractivity contribution is 9.10. The maximum atomic E-state index is 9.56. The largest absolute Gasteiger partial charge is 0.391 e. The van der Waals surface area contributed by atoms with E-state index in [2.05, 4.69) is 26.2 Å². The van der Waals surface area contributed by atoms with Crippen LogP contribution in [0.2, 0.25) is 0 Å². The Kier molecular flexibility index (Phi) is 2.86. The first-order valence-corrected chi connectivity index (χ1v) is 5.96. The second kappa shape index (κ2) is 3.94. The van der Waals surface area contributed by atoms with Crippen molar-refractivity contribution in [1.29, 1.82) is 0 Å². The number of aliphatic hydroxyl groups is 1. The summed E-state index contributed by atoms with van der Waals surface area (Å²) in [4.78, 5) is 4.18. The number of anilines is 1. The van der Waals surface area contributed by atoms with Crippen LogP contribution in [0, 0.1) is 5.92 Å². The Bertz CT molecular complexity index is 287. The van der Waals surface area contributed by atoms with E-state index < -0.39 is 0 Å². The normalized spacial score (nSPS) is 18.6. The molecule has 0 spiro atoms. The van der Waals surface area contributed by atoms with Crippen LogP contribution < -0.4 is 5.32 Å². The molecule has 0 aliphatic heterocycles. The van der Waals surface area contributed by atoms with Crippen LogP contribution in [0.4, 0.5) is 5.13 Å². The van der Waals surface area contributed by atoms with Crippen molar-refractivity contribution in [3.63, 3.8) is 0 Å². The Morgan fingerprint density at radius 2 is 2.54 bits per heavy atom. The number of nitrogens with zero attached hydrogens (tertiary/aromatic N) is 1. The lowest BCUT2D eigenvalue weighted by atomic mass is 10.2. The van der Waals surface area contributed by atoms with Crippen molar-refractivity contribution in [2.24, 2.45) is 5.92 Å². The summed E-state index contributed by atoms with van der Waals surface area (Å²) in [7, 11) is 0. The molecular weight excluding hydrogens is 252 g/mol. The molecule has 1 aromatic rings. The van der Waals surface area contributed by atoms with Gasteiger partial charge in [0.1, 0.15) is 4.60 Å². The van der Waals surface area contributed by atoms with E-state index in [1.807, 2.05) is 5.38 Å². The lowest BCUT2D eigenvalue weighted by Gasteiger charge is -2.08. The highest BCUT2D eigenvalue weighted by atomic mass is 79.9. The van der Waals surface area contributed by atoms with Crippen molar-refractivity contribution in [2.45, 2.75) is 18.9 Å². The van der Waals surface area contributed by atoms with Gasteiger partial charge < -0.3 is 10.4 Å². The molecule has 0 amide bonds. The first-order chi connectivity index (χ1) is 6.25. The Labute approximate surface area is 89.3 Å². The molecule has 1 aromatic heterocycles. The quantitative estimate of drug-likeness (QED) is 0.874. The summed E-state index contributed by atoms with van der Waals surface area (Å²) in [6.07, 6.45) is 2.14. The van der Waals surface area contributed by atoms with Crippen LogP contribution >= 0.6 is 27.3 Å². The van der Waals surface area contributed by atoms with Gasteiger partial charge in [0, 0.05) is 11.9 Å². The summed E-state index contributed by atoms with van der Waals surface area (Å²) in [6, 6.07) is 0. The van der Waals surface area contributed by atoms with Crippen molar-refractivity contribution in [2.75, 3.05) is 11.9 Å². The third-order valence-corrected chi connectivity index (χ3v) is 3.61. The van der Waals surface area contributed by atoms with Gasteiger partial charge in [-0.3, -0.25) is 0 Å². The molecule has 2 N–H and O–H groups in total. The van der Waals surface area contributed by atoms with Gasteiger partial charge in [0.25, 0.3) is 0 Å². The fourth-order valence-corrected chi connectivity index (χ4v) is 2.33. The predicted molar refractivity (Wildman–Crippen MR) is 57.0 cm³/mol. The Morgan fingerprint density at radius 3 is 3.08 bits per heavy atom. The number of hydrogen-bond donors (Lipinski definition) is 2. The van der Waals surface area contributed by atoms with Crippen molar-refractivity contribution in [3.05, 3.63) is 9.98 Å². The summed E-state index contributed by atoms with van der Waals surface area (Å²) in [6.45, 7) is 0.616. The Hall–Kier alpha value is -0.130. The number of aliphatic hydroxyl groups excluding tert-OH is 1. The second-order valence-corrected chi connectivity index (χ2v) is 4.93. The van der Waals surface area contributed by atoms with E-state index in [-0.39, 0.29) is 6.10 Å². The van der Waals surface area contributed by atoms with E-state index in [1.165, 1.54) is 12.8 Å². The van der Waals surface area contributed by atoms with Crippen molar-refractivity contribution in [3.8, 4) is 0 Å². The average molecular weight is 263 g/mol. The number of nitrogens with one attached hydrogen (secondary N) is 1. The van der Waals surface area contributed by atoms with Gasteiger partial charge >= 0.3 is 0 Å². The molecule has 0 bridgehead atoms. The van der Waals surface area contributed by atoms with Gasteiger partial charge in [0.05, 0.1) is 6.10 Å². The average Bonchev–Trinajstić information content (AvgIpc) is 2.87. The van der Waals surface area contributed by atoms with Gasteiger partial charge in [-0.1, -0.05) is 0 Å². The molecule has 1 saturated carbocycles. The Morgan fingerprint density at radius 1 is 1.77 bits per heavy atom. The van der Waals surface area contributed by atoms with Crippen LogP contribution in [0.5, 0.6) is 0 Å². The highest BCUT2D eigenvalue weighted by Gasteiger charge is 2.29. The topological polar surface area (TPSA) is 45.1 Å². The van der Waals surface area contributed by atoms with Gasteiger partial charge in [0.2, 0.25) is 0 Å². The first-order valence-electron chi connectivity index (χ1n) is 4.28. The fraction of sp³-hybridized carbons (Fsp3) is 0.625. The van der Waals surface area contributed by atoms with Gasteiger partial charge in [0.15, 0.2) is 5.13 Å². The number of hydrogen-bond acceptors (Lipinski definition) is 4. The lowest BCUT2D eigenvalue weighted by molar-refractivity contribution is 0.164. The maximum Gasteiger partial charge on any atom is 0.183 e. The zero-order valence-electron chi connectivity index (χ0n) is 7.03. The molecule has 0 aromatic carbocycles. The molecular formula is C8H11BrN2OS. The predicted octanol–water partition coefficient (Wildman–Crippen LogP) is 2.09. The SMILES string of the molecule is OC(CNc1nc(Br)cs1)C1CC1. The number of thiazole rings is 1. The third-order valence-electron chi connectivity index (χ3n) is 2.10. The highest BCUT2D eigenvalue weighted by Crippen LogP contribution is 2.32. The molecule has 0 saturated heterocycles. The third kappa shape index (κ3) is 2.65. The molecule has 1 fully saturated rings.